The Bertz CT molecular complexity index is 2870. The fourth-order valence-corrected chi connectivity index (χ4v) is 8.03. The average molecular weight is 656 g/mol. The maximum Gasteiger partial charge on any atom is 0.137 e. The lowest BCUT2D eigenvalue weighted by atomic mass is 9.92. The van der Waals surface area contributed by atoms with E-state index in [9.17, 15) is 0 Å². The number of nitrogens with zero attached hydrogens (tertiary/aromatic N) is 3. The molecular formula is C47H33N3O. The van der Waals surface area contributed by atoms with Gasteiger partial charge in [0.2, 0.25) is 0 Å². The fourth-order valence-electron chi connectivity index (χ4n) is 8.03. The molecule has 0 bridgehead atoms. The van der Waals surface area contributed by atoms with Gasteiger partial charge in [-0.1, -0.05) is 110 Å². The molecule has 3 heterocycles. The number of ether oxygens (including phenoxy) is 1. The third-order valence-electron chi connectivity index (χ3n) is 10.3. The van der Waals surface area contributed by atoms with Crippen LogP contribution < -0.4 is 4.74 Å². The molecule has 0 unspecified atom stereocenters. The molecule has 2 aromatic heterocycles. The molecule has 4 heteroatoms. The summed E-state index contributed by atoms with van der Waals surface area (Å²) in [5.74, 6) is 0.952. The third-order valence-corrected chi connectivity index (χ3v) is 10.3. The van der Waals surface area contributed by atoms with Crippen molar-refractivity contribution in [2.24, 2.45) is 4.99 Å². The highest BCUT2D eigenvalue weighted by atomic mass is 16.5. The number of aromatic nitrogens is 2. The molecule has 9 aromatic rings. The Morgan fingerprint density at radius 2 is 1.12 bits per heavy atom. The molecule has 0 atom stereocenters. The van der Waals surface area contributed by atoms with E-state index in [4.69, 9.17) is 9.73 Å². The zero-order chi connectivity index (χ0) is 34.1. The van der Waals surface area contributed by atoms with E-state index in [2.05, 4.69) is 150 Å². The van der Waals surface area contributed by atoms with Crippen molar-refractivity contribution < 1.29 is 4.74 Å². The van der Waals surface area contributed by atoms with Crippen LogP contribution in [0.2, 0.25) is 0 Å². The van der Waals surface area contributed by atoms with Gasteiger partial charge in [-0.05, 0) is 78.2 Å². The average Bonchev–Trinajstić information content (AvgIpc) is 3.72. The van der Waals surface area contributed by atoms with Crippen LogP contribution in [0.25, 0.3) is 71.8 Å². The van der Waals surface area contributed by atoms with Crippen LogP contribution in [-0.2, 0) is 6.61 Å². The Labute approximate surface area is 295 Å². The van der Waals surface area contributed by atoms with Gasteiger partial charge in [-0.25, -0.2) is 0 Å². The summed E-state index contributed by atoms with van der Waals surface area (Å²) in [6.07, 6.45) is 0. The van der Waals surface area contributed by atoms with Gasteiger partial charge < -0.3 is 13.9 Å². The number of hydrogen-bond acceptors (Lipinski definition) is 2. The van der Waals surface area contributed by atoms with Crippen LogP contribution >= 0.6 is 0 Å². The highest BCUT2D eigenvalue weighted by Crippen LogP contribution is 2.49. The molecule has 242 valence electrons. The van der Waals surface area contributed by atoms with Crippen molar-refractivity contribution >= 4 is 55.0 Å². The minimum Gasteiger partial charge on any atom is -0.487 e. The topological polar surface area (TPSA) is 31.4 Å². The molecule has 4 nitrogen and oxygen atoms in total. The Morgan fingerprint density at radius 3 is 1.86 bits per heavy atom. The molecule has 0 fully saturated rings. The molecule has 0 amide bonds. The van der Waals surface area contributed by atoms with Crippen LogP contribution in [0.3, 0.4) is 0 Å². The Hall–Kier alpha value is -6.65. The maximum absolute atomic E-state index is 6.87. The number of fused-ring (bicyclic) bond motifs is 11. The van der Waals surface area contributed by atoms with Gasteiger partial charge in [0.25, 0.3) is 0 Å². The largest absolute Gasteiger partial charge is 0.487 e. The standard InChI is InChI=1S/C47H33N3O/c1-30(32-14-5-3-6-15-32)48-31(2)33-16-13-19-35(28-33)50-41-22-11-9-20-38(41)45-40-29-51-47-37(36(40)24-26-43(45)50)25-27-44-46(47)39-21-10-12-23-42(39)49(44)34-17-7-4-8-18-34/h3-28H,1,29H2,2H3. The van der Waals surface area contributed by atoms with Crippen molar-refractivity contribution in [2.45, 2.75) is 13.5 Å². The van der Waals surface area contributed by atoms with Gasteiger partial charge in [0.15, 0.2) is 0 Å². The zero-order valence-corrected chi connectivity index (χ0v) is 28.2. The summed E-state index contributed by atoms with van der Waals surface area (Å²) in [5.41, 5.74) is 14.2. The normalized spacial score (nSPS) is 12.7. The van der Waals surface area contributed by atoms with E-state index in [1.807, 2.05) is 30.3 Å². The molecule has 0 spiro atoms. The maximum atomic E-state index is 6.87. The van der Waals surface area contributed by atoms with E-state index in [0.717, 1.165) is 67.2 Å². The number of benzene rings is 7. The highest BCUT2D eigenvalue weighted by molar-refractivity contribution is 6.17. The first-order valence-electron chi connectivity index (χ1n) is 17.4. The minimum atomic E-state index is 0.491. The Morgan fingerprint density at radius 1 is 0.549 bits per heavy atom. The molecule has 1 aliphatic rings. The van der Waals surface area contributed by atoms with E-state index < -0.39 is 0 Å². The first-order valence-corrected chi connectivity index (χ1v) is 17.4. The second-order valence-electron chi connectivity index (χ2n) is 13.2. The number of para-hydroxylation sites is 3. The van der Waals surface area contributed by atoms with Crippen LogP contribution in [0, 0.1) is 0 Å². The lowest BCUT2D eigenvalue weighted by molar-refractivity contribution is 0.308. The van der Waals surface area contributed by atoms with Crippen LogP contribution in [0.15, 0.2) is 169 Å². The lowest BCUT2D eigenvalue weighted by Gasteiger charge is -2.23. The summed E-state index contributed by atoms with van der Waals surface area (Å²) in [6.45, 7) is 6.79. The SMILES string of the molecule is C=C(N=C(C)c1cccc(-n2c3ccccc3c3c4c(ccc32)-c2ccc3c(c2OC4)c2ccccc2n3-c2ccccc2)c1)c1ccccc1. The number of hydrogen-bond donors (Lipinski definition) is 0. The summed E-state index contributed by atoms with van der Waals surface area (Å²) >= 11 is 0. The van der Waals surface area contributed by atoms with Crippen LogP contribution in [0.5, 0.6) is 5.75 Å². The van der Waals surface area contributed by atoms with Crippen molar-refractivity contribution in [1.82, 2.24) is 9.13 Å². The molecule has 0 aliphatic carbocycles. The molecule has 1 aliphatic heterocycles. The second-order valence-corrected chi connectivity index (χ2v) is 13.2. The first kappa shape index (κ1) is 29.3. The van der Waals surface area contributed by atoms with Gasteiger partial charge in [-0.2, -0.15) is 0 Å². The first-order chi connectivity index (χ1) is 25.2. The van der Waals surface area contributed by atoms with Crippen molar-refractivity contribution in [3.05, 3.63) is 181 Å². The van der Waals surface area contributed by atoms with Crippen LogP contribution in [0.4, 0.5) is 0 Å². The van der Waals surface area contributed by atoms with Gasteiger partial charge >= 0.3 is 0 Å². The smallest absolute Gasteiger partial charge is 0.137 e. The second kappa shape index (κ2) is 11.5. The van der Waals surface area contributed by atoms with Crippen molar-refractivity contribution in [3.8, 4) is 28.3 Å². The fraction of sp³-hybridized carbons (Fsp3) is 0.0426. The highest BCUT2D eigenvalue weighted by Gasteiger charge is 2.27. The van der Waals surface area contributed by atoms with E-state index in [-0.39, 0.29) is 0 Å². The van der Waals surface area contributed by atoms with Gasteiger partial charge in [-0.3, -0.25) is 4.99 Å². The predicted molar refractivity (Wildman–Crippen MR) is 213 cm³/mol. The molecule has 0 N–H and O–H groups in total. The van der Waals surface area contributed by atoms with Gasteiger partial charge in [0.1, 0.15) is 12.4 Å². The summed E-state index contributed by atoms with van der Waals surface area (Å²) in [6, 6.07) is 55.8. The Kier molecular flexibility index (Phi) is 6.58. The molecule has 0 radical (unpaired) electrons. The van der Waals surface area contributed by atoms with E-state index >= 15 is 0 Å². The van der Waals surface area contributed by atoms with Gasteiger partial charge in [0, 0.05) is 44.4 Å². The molecule has 10 rings (SSSR count). The van der Waals surface area contributed by atoms with E-state index in [0.29, 0.717) is 6.61 Å². The molecule has 0 saturated carbocycles. The molecule has 0 saturated heterocycles. The van der Waals surface area contributed by atoms with E-state index in [1.165, 1.54) is 32.8 Å². The van der Waals surface area contributed by atoms with Crippen LogP contribution in [-0.4, -0.2) is 14.8 Å². The minimum absolute atomic E-state index is 0.491. The third kappa shape index (κ3) is 4.50. The lowest BCUT2D eigenvalue weighted by Crippen LogP contribution is -2.07. The summed E-state index contributed by atoms with van der Waals surface area (Å²) in [4.78, 5) is 4.90. The summed E-state index contributed by atoms with van der Waals surface area (Å²) in [7, 11) is 0. The van der Waals surface area contributed by atoms with Gasteiger partial charge in [0.05, 0.1) is 33.2 Å². The van der Waals surface area contributed by atoms with Crippen molar-refractivity contribution in [1.29, 1.82) is 0 Å². The van der Waals surface area contributed by atoms with Crippen molar-refractivity contribution in [2.75, 3.05) is 0 Å². The monoisotopic (exact) mass is 655 g/mol. The van der Waals surface area contributed by atoms with Gasteiger partial charge in [-0.15, -0.1) is 0 Å². The molecule has 7 aromatic carbocycles. The summed E-state index contributed by atoms with van der Waals surface area (Å²) in [5, 5.41) is 4.80. The van der Waals surface area contributed by atoms with E-state index in [1.54, 1.807) is 0 Å². The number of aliphatic imine (C=N–C) groups is 1. The Balaban J connectivity index is 1.14. The summed E-state index contributed by atoms with van der Waals surface area (Å²) < 4.78 is 11.6. The van der Waals surface area contributed by atoms with Crippen molar-refractivity contribution in [3.63, 3.8) is 0 Å². The molecular weight excluding hydrogens is 623 g/mol. The quantitative estimate of drug-likeness (QED) is 0.170. The number of rotatable bonds is 5. The predicted octanol–water partition coefficient (Wildman–Crippen LogP) is 11.9. The van der Waals surface area contributed by atoms with Crippen LogP contribution in [0.1, 0.15) is 23.6 Å². The molecule has 51 heavy (non-hydrogen) atoms. The zero-order valence-electron chi connectivity index (χ0n) is 28.2.